The van der Waals surface area contributed by atoms with Crippen molar-refractivity contribution in [2.75, 3.05) is 19.8 Å². The van der Waals surface area contributed by atoms with E-state index in [1.54, 1.807) is 10.9 Å². The zero-order valence-electron chi connectivity index (χ0n) is 17.4. The summed E-state index contributed by atoms with van der Waals surface area (Å²) in [7, 11) is -5.41. The lowest BCUT2D eigenvalue weighted by Gasteiger charge is -2.35. The van der Waals surface area contributed by atoms with E-state index >= 15 is 0 Å². The Balaban J connectivity index is 1.51. The quantitative estimate of drug-likeness (QED) is 0.512. The van der Waals surface area contributed by atoms with Crippen LogP contribution in [0, 0.1) is 0 Å². The van der Waals surface area contributed by atoms with Crippen molar-refractivity contribution in [3.8, 4) is 5.88 Å². The Morgan fingerprint density at radius 3 is 2.56 bits per heavy atom. The molecule has 0 aromatic carbocycles. The van der Waals surface area contributed by atoms with Gasteiger partial charge in [-0.15, -0.1) is 0 Å². The third-order valence-corrected chi connectivity index (χ3v) is 6.97. The molecule has 32 heavy (non-hydrogen) atoms. The Morgan fingerprint density at radius 1 is 1.16 bits per heavy atom. The average molecular weight is 481 g/mol. The van der Waals surface area contributed by atoms with Gasteiger partial charge in [0.1, 0.15) is 12.3 Å². The largest absolute Gasteiger partial charge is 0.511 e. The molecular formula is C19H27F3N4O5S. The zero-order chi connectivity index (χ0) is 23.2. The number of ether oxygens (including phenoxy) is 2. The molecule has 2 atom stereocenters. The summed E-state index contributed by atoms with van der Waals surface area (Å²) in [5.41, 5.74) is -4.65. The maximum absolute atomic E-state index is 12.7. The number of piperidine rings is 1. The smallest absolute Gasteiger partial charge is 0.469 e. The van der Waals surface area contributed by atoms with E-state index in [9.17, 15) is 26.4 Å². The van der Waals surface area contributed by atoms with Crippen LogP contribution in [0.5, 0.6) is 5.88 Å². The van der Waals surface area contributed by atoms with E-state index in [4.69, 9.17) is 9.47 Å². The number of nitrogens with zero attached hydrogens (tertiary/aromatic N) is 2. The third-order valence-electron chi connectivity index (χ3n) is 5.75. The number of sulfonamides is 1. The van der Waals surface area contributed by atoms with E-state index in [-0.39, 0.29) is 25.2 Å². The van der Waals surface area contributed by atoms with Crippen LogP contribution in [0.25, 0.3) is 0 Å². The molecule has 1 aromatic rings. The minimum absolute atomic E-state index is 0.0918. The summed E-state index contributed by atoms with van der Waals surface area (Å²) >= 11 is 0. The van der Waals surface area contributed by atoms with Crippen molar-refractivity contribution in [3.05, 3.63) is 18.1 Å². The fraction of sp³-hybridized carbons (Fsp3) is 0.737. The van der Waals surface area contributed by atoms with Gasteiger partial charge >= 0.3 is 15.5 Å². The van der Waals surface area contributed by atoms with Crippen LogP contribution in [0.3, 0.4) is 0 Å². The summed E-state index contributed by atoms with van der Waals surface area (Å²) in [4.78, 5) is 19.1. The highest BCUT2D eigenvalue weighted by Gasteiger charge is 2.47. The first-order valence-corrected chi connectivity index (χ1v) is 12.0. The first-order chi connectivity index (χ1) is 15.2. The second kappa shape index (κ2) is 10.9. The lowest BCUT2D eigenvalue weighted by Crippen LogP contribution is -2.57. The van der Waals surface area contributed by atoms with Crippen molar-refractivity contribution in [2.45, 2.75) is 68.1 Å². The number of hydrogen-bond acceptors (Lipinski definition) is 8. The van der Waals surface area contributed by atoms with Crippen molar-refractivity contribution >= 4 is 16.3 Å². The second-order valence-corrected chi connectivity index (χ2v) is 9.61. The summed E-state index contributed by atoms with van der Waals surface area (Å²) in [6.45, 7) is 0.596. The van der Waals surface area contributed by atoms with E-state index < -0.39 is 27.6 Å². The number of hydrogen-bond donors (Lipinski definition) is 2. The van der Waals surface area contributed by atoms with Gasteiger partial charge in [0.15, 0.2) is 6.29 Å². The highest BCUT2D eigenvalue weighted by atomic mass is 32.2. The predicted octanol–water partition coefficient (Wildman–Crippen LogP) is 1.66. The van der Waals surface area contributed by atoms with Crippen LogP contribution >= 0.6 is 0 Å². The normalized spacial score (nSPS) is 27.1. The third kappa shape index (κ3) is 6.36. The SMILES string of the molecule is O=CCOc1nccnc1C1CCC(OC[C@@H]2NCCC[C@@H]2NS(=O)(=O)C(F)(F)F)CC1. The van der Waals surface area contributed by atoms with Gasteiger partial charge in [0.25, 0.3) is 0 Å². The van der Waals surface area contributed by atoms with Crippen molar-refractivity contribution in [1.29, 1.82) is 0 Å². The Labute approximate surface area is 184 Å². The lowest BCUT2D eigenvalue weighted by atomic mass is 9.85. The number of carbonyl (C=O) groups excluding carboxylic acids is 1. The Hall–Kier alpha value is -1.83. The monoisotopic (exact) mass is 480 g/mol. The molecule has 1 saturated heterocycles. The number of rotatable bonds is 9. The number of carbonyl (C=O) groups is 1. The molecule has 1 aromatic heterocycles. The molecular weight excluding hydrogens is 453 g/mol. The van der Waals surface area contributed by atoms with Gasteiger partial charge in [-0.25, -0.2) is 18.1 Å². The predicted molar refractivity (Wildman–Crippen MR) is 107 cm³/mol. The topological polar surface area (TPSA) is 120 Å². The van der Waals surface area contributed by atoms with Crippen molar-refractivity contribution in [1.82, 2.24) is 20.0 Å². The van der Waals surface area contributed by atoms with E-state index in [0.717, 1.165) is 12.8 Å². The highest BCUT2D eigenvalue weighted by Crippen LogP contribution is 2.36. The van der Waals surface area contributed by atoms with Crippen LogP contribution in [0.1, 0.15) is 50.1 Å². The molecule has 13 heteroatoms. The molecule has 9 nitrogen and oxygen atoms in total. The van der Waals surface area contributed by atoms with Crippen LogP contribution in [-0.2, 0) is 19.6 Å². The summed E-state index contributed by atoms with van der Waals surface area (Å²) < 4.78 is 74.2. The molecule has 2 heterocycles. The van der Waals surface area contributed by atoms with E-state index in [0.29, 0.717) is 50.1 Å². The highest BCUT2D eigenvalue weighted by molar-refractivity contribution is 7.90. The maximum atomic E-state index is 12.7. The van der Waals surface area contributed by atoms with E-state index in [1.165, 1.54) is 6.20 Å². The number of nitrogens with one attached hydrogen (secondary N) is 2. The fourth-order valence-corrected chi connectivity index (χ4v) is 4.93. The molecule has 2 fully saturated rings. The molecule has 1 aliphatic carbocycles. The van der Waals surface area contributed by atoms with Gasteiger partial charge < -0.3 is 14.8 Å². The first kappa shape index (κ1) is 24.8. The molecule has 0 bridgehead atoms. The van der Waals surface area contributed by atoms with E-state index in [2.05, 4.69) is 15.3 Å². The van der Waals surface area contributed by atoms with Crippen molar-refractivity contribution in [3.63, 3.8) is 0 Å². The number of aldehydes is 1. The van der Waals surface area contributed by atoms with Gasteiger partial charge in [0, 0.05) is 30.4 Å². The molecule has 3 rings (SSSR count). The van der Waals surface area contributed by atoms with Gasteiger partial charge in [0.05, 0.1) is 12.7 Å². The maximum Gasteiger partial charge on any atom is 0.511 e. The molecule has 0 unspecified atom stereocenters. The molecule has 0 spiro atoms. The van der Waals surface area contributed by atoms with Crippen molar-refractivity contribution in [2.24, 2.45) is 0 Å². The number of halogens is 3. The van der Waals surface area contributed by atoms with Gasteiger partial charge in [-0.05, 0) is 45.1 Å². The fourth-order valence-electron chi connectivity index (χ4n) is 4.12. The summed E-state index contributed by atoms with van der Waals surface area (Å²) in [5, 5.41) is 3.06. The van der Waals surface area contributed by atoms with Crippen LogP contribution in [0.4, 0.5) is 13.2 Å². The Kier molecular flexibility index (Phi) is 8.42. The zero-order valence-corrected chi connectivity index (χ0v) is 18.2. The standard InChI is InChI=1S/C19H27F3N4O5S/c20-19(21,22)32(28,29)26-15-2-1-7-23-16(15)12-31-14-5-3-13(4-6-14)17-18(30-11-10-27)25-9-8-24-17/h8-10,13-16,23,26H,1-7,11-12H2/t13?,14?,15-,16-/m0/s1. The second-order valence-electron chi connectivity index (χ2n) is 7.91. The average Bonchev–Trinajstić information content (AvgIpc) is 2.77. The van der Waals surface area contributed by atoms with Gasteiger partial charge in [-0.1, -0.05) is 0 Å². The molecule has 0 radical (unpaired) electrons. The number of aromatic nitrogens is 2. The van der Waals surface area contributed by atoms with Crippen LogP contribution in [-0.4, -0.2) is 68.1 Å². The summed E-state index contributed by atoms with van der Waals surface area (Å²) in [5.74, 6) is 0.444. The van der Waals surface area contributed by atoms with Gasteiger partial charge in [-0.3, -0.25) is 9.78 Å². The summed E-state index contributed by atoms with van der Waals surface area (Å²) in [6, 6.07) is -1.43. The number of alkyl halides is 3. The van der Waals surface area contributed by atoms with Crippen LogP contribution in [0.15, 0.2) is 12.4 Å². The minimum Gasteiger partial charge on any atom is -0.469 e. The molecule has 1 aliphatic heterocycles. The van der Waals surface area contributed by atoms with Crippen molar-refractivity contribution < 1.29 is 35.9 Å². The molecule has 2 N–H and O–H groups in total. The minimum atomic E-state index is -5.41. The molecule has 1 saturated carbocycles. The molecule has 180 valence electrons. The Bertz CT molecular complexity index is 863. The first-order valence-electron chi connectivity index (χ1n) is 10.5. The van der Waals surface area contributed by atoms with Gasteiger partial charge in [0.2, 0.25) is 5.88 Å². The Morgan fingerprint density at radius 2 is 1.88 bits per heavy atom. The van der Waals surface area contributed by atoms with Crippen LogP contribution in [0.2, 0.25) is 0 Å². The van der Waals surface area contributed by atoms with Crippen LogP contribution < -0.4 is 14.8 Å². The molecule has 2 aliphatic rings. The van der Waals surface area contributed by atoms with E-state index in [1.807, 2.05) is 0 Å². The molecule has 0 amide bonds. The lowest BCUT2D eigenvalue weighted by molar-refractivity contribution is -0.109. The van der Waals surface area contributed by atoms with Gasteiger partial charge in [-0.2, -0.15) is 13.2 Å². The summed E-state index contributed by atoms with van der Waals surface area (Å²) in [6.07, 6.45) is 7.42.